The number of thioether (sulfide) groups is 1. The smallest absolute Gasteiger partial charge is 0.244 e. The van der Waals surface area contributed by atoms with Crippen LogP contribution in [0.4, 0.5) is 5.69 Å². The molecule has 0 spiro atoms. The van der Waals surface area contributed by atoms with E-state index in [9.17, 15) is 9.59 Å². The van der Waals surface area contributed by atoms with Crippen molar-refractivity contribution in [2.75, 3.05) is 17.6 Å². The standard InChI is InChI=1S/C20H17N3O2S2/c1-13-6-8-14(9-7-13)21-17(24)11-23-19(25)12-26-20(23)10-18-22-15-4-2-3-5-16(15)27-18/h2-10H,11-12H2,1H3,(H,21,24). The zero-order valence-electron chi connectivity index (χ0n) is 14.6. The molecule has 1 fully saturated rings. The fraction of sp³-hybridized carbons (Fsp3) is 0.150. The lowest BCUT2D eigenvalue weighted by Crippen LogP contribution is -2.33. The van der Waals surface area contributed by atoms with Gasteiger partial charge in [0.2, 0.25) is 11.8 Å². The average Bonchev–Trinajstić information content (AvgIpc) is 3.21. The van der Waals surface area contributed by atoms with Crippen LogP contribution in [0.15, 0.2) is 53.6 Å². The van der Waals surface area contributed by atoms with E-state index in [1.54, 1.807) is 11.3 Å². The maximum absolute atomic E-state index is 12.4. The summed E-state index contributed by atoms with van der Waals surface area (Å²) in [6.07, 6.45) is 1.89. The molecule has 0 saturated carbocycles. The van der Waals surface area contributed by atoms with Crippen LogP contribution in [0.3, 0.4) is 0 Å². The summed E-state index contributed by atoms with van der Waals surface area (Å²) in [5.41, 5.74) is 2.79. The number of thiazole rings is 1. The van der Waals surface area contributed by atoms with Crippen LogP contribution in [-0.2, 0) is 9.59 Å². The number of anilines is 1. The molecule has 0 atom stereocenters. The number of nitrogens with one attached hydrogen (secondary N) is 1. The lowest BCUT2D eigenvalue weighted by molar-refractivity contribution is -0.129. The van der Waals surface area contributed by atoms with Gasteiger partial charge in [0.25, 0.3) is 0 Å². The Morgan fingerprint density at radius 1 is 1.22 bits per heavy atom. The van der Waals surface area contributed by atoms with Crippen molar-refractivity contribution in [1.82, 2.24) is 9.88 Å². The number of hydrogen-bond donors (Lipinski definition) is 1. The zero-order chi connectivity index (χ0) is 18.8. The fourth-order valence-electron chi connectivity index (χ4n) is 2.74. The minimum atomic E-state index is -0.218. The molecule has 4 rings (SSSR count). The first-order chi connectivity index (χ1) is 13.1. The summed E-state index contributed by atoms with van der Waals surface area (Å²) in [4.78, 5) is 30.7. The summed E-state index contributed by atoms with van der Waals surface area (Å²) in [6.45, 7) is 1.99. The van der Waals surface area contributed by atoms with E-state index in [-0.39, 0.29) is 18.4 Å². The lowest BCUT2D eigenvalue weighted by atomic mass is 10.2. The Morgan fingerprint density at radius 2 is 2.00 bits per heavy atom. The third kappa shape index (κ3) is 4.04. The maximum Gasteiger partial charge on any atom is 0.244 e. The van der Waals surface area contributed by atoms with E-state index >= 15 is 0 Å². The SMILES string of the molecule is Cc1ccc(NC(=O)CN2C(=O)CSC2=Cc2nc3ccccc3s2)cc1. The molecule has 0 unspecified atom stereocenters. The zero-order valence-corrected chi connectivity index (χ0v) is 16.3. The van der Waals surface area contributed by atoms with E-state index in [2.05, 4.69) is 10.3 Å². The molecule has 0 aliphatic carbocycles. The summed E-state index contributed by atoms with van der Waals surface area (Å²) in [5, 5.41) is 4.43. The van der Waals surface area contributed by atoms with Gasteiger partial charge in [0.05, 0.1) is 21.0 Å². The van der Waals surface area contributed by atoms with Gasteiger partial charge in [0.1, 0.15) is 11.6 Å². The minimum Gasteiger partial charge on any atom is -0.325 e. The molecule has 0 radical (unpaired) electrons. The molecule has 2 aromatic carbocycles. The van der Waals surface area contributed by atoms with Crippen LogP contribution in [0, 0.1) is 6.92 Å². The number of fused-ring (bicyclic) bond motifs is 1. The Balaban J connectivity index is 1.50. The fourth-order valence-corrected chi connectivity index (χ4v) is 4.66. The molecule has 27 heavy (non-hydrogen) atoms. The maximum atomic E-state index is 12.4. The first-order valence-corrected chi connectivity index (χ1v) is 10.3. The highest BCUT2D eigenvalue weighted by Crippen LogP contribution is 2.32. The van der Waals surface area contributed by atoms with Crippen LogP contribution in [-0.4, -0.2) is 34.0 Å². The van der Waals surface area contributed by atoms with Gasteiger partial charge in [-0.2, -0.15) is 0 Å². The number of nitrogens with zero attached hydrogens (tertiary/aromatic N) is 2. The van der Waals surface area contributed by atoms with Crippen molar-refractivity contribution >= 4 is 56.9 Å². The predicted octanol–water partition coefficient (Wildman–Crippen LogP) is 4.12. The van der Waals surface area contributed by atoms with Crippen molar-refractivity contribution in [1.29, 1.82) is 0 Å². The third-order valence-electron chi connectivity index (χ3n) is 4.11. The van der Waals surface area contributed by atoms with Gasteiger partial charge in [-0.3, -0.25) is 14.5 Å². The van der Waals surface area contributed by atoms with Gasteiger partial charge in [0.15, 0.2) is 0 Å². The molecule has 1 saturated heterocycles. The molecule has 5 nitrogen and oxygen atoms in total. The Kier molecular flexibility index (Phi) is 4.96. The molecule has 0 bridgehead atoms. The van der Waals surface area contributed by atoms with Gasteiger partial charge in [-0.15, -0.1) is 11.3 Å². The van der Waals surface area contributed by atoms with Crippen LogP contribution in [0.5, 0.6) is 0 Å². The van der Waals surface area contributed by atoms with E-state index in [1.165, 1.54) is 16.7 Å². The van der Waals surface area contributed by atoms with Gasteiger partial charge < -0.3 is 5.32 Å². The molecule has 7 heteroatoms. The summed E-state index contributed by atoms with van der Waals surface area (Å²) in [7, 11) is 0. The van der Waals surface area contributed by atoms with E-state index in [0.717, 1.165) is 31.5 Å². The molecule has 1 aliphatic heterocycles. The van der Waals surface area contributed by atoms with Crippen LogP contribution >= 0.6 is 23.1 Å². The van der Waals surface area contributed by atoms with Gasteiger partial charge in [0, 0.05) is 11.8 Å². The Bertz CT molecular complexity index is 1010. The second kappa shape index (κ2) is 7.54. The minimum absolute atomic E-state index is 0.00353. The number of benzene rings is 2. The first-order valence-electron chi connectivity index (χ1n) is 8.45. The van der Waals surface area contributed by atoms with Gasteiger partial charge >= 0.3 is 0 Å². The molecule has 2 amide bonds. The third-order valence-corrected chi connectivity index (χ3v) is 6.11. The molecular formula is C20H17N3O2S2. The van der Waals surface area contributed by atoms with Gasteiger partial charge in [-0.05, 0) is 31.2 Å². The second-order valence-electron chi connectivity index (χ2n) is 6.19. The van der Waals surface area contributed by atoms with Crippen molar-refractivity contribution in [3.05, 3.63) is 64.1 Å². The second-order valence-corrected chi connectivity index (χ2v) is 8.24. The first kappa shape index (κ1) is 17.8. The van der Waals surface area contributed by atoms with E-state index < -0.39 is 0 Å². The van der Waals surface area contributed by atoms with E-state index in [0.29, 0.717) is 5.75 Å². The lowest BCUT2D eigenvalue weighted by Gasteiger charge is -2.16. The van der Waals surface area contributed by atoms with Crippen LogP contribution in [0.25, 0.3) is 16.3 Å². The van der Waals surface area contributed by atoms with Crippen molar-refractivity contribution in [3.8, 4) is 0 Å². The molecule has 1 aliphatic rings. The van der Waals surface area contributed by atoms with Crippen molar-refractivity contribution in [2.24, 2.45) is 0 Å². The molecule has 3 aromatic rings. The molecular weight excluding hydrogens is 378 g/mol. The highest BCUT2D eigenvalue weighted by atomic mass is 32.2. The molecule has 2 heterocycles. The van der Waals surface area contributed by atoms with Crippen LogP contribution in [0.2, 0.25) is 0 Å². The molecule has 136 valence electrons. The molecule has 1 N–H and O–H groups in total. The Hall–Kier alpha value is -2.64. The number of hydrogen-bond acceptors (Lipinski definition) is 5. The van der Waals surface area contributed by atoms with E-state index in [4.69, 9.17) is 0 Å². The number of carbonyl (C=O) groups excluding carboxylic acids is 2. The topological polar surface area (TPSA) is 62.3 Å². The Morgan fingerprint density at radius 3 is 2.78 bits per heavy atom. The Labute approximate surface area is 165 Å². The van der Waals surface area contributed by atoms with Crippen LogP contribution in [0.1, 0.15) is 10.6 Å². The van der Waals surface area contributed by atoms with Crippen molar-refractivity contribution in [3.63, 3.8) is 0 Å². The predicted molar refractivity (Wildman–Crippen MR) is 112 cm³/mol. The van der Waals surface area contributed by atoms with Crippen LogP contribution < -0.4 is 5.32 Å². The number of para-hydroxylation sites is 1. The van der Waals surface area contributed by atoms with Crippen molar-refractivity contribution < 1.29 is 9.59 Å². The normalized spacial score (nSPS) is 15.7. The summed E-state index contributed by atoms with van der Waals surface area (Å²) in [6, 6.07) is 15.5. The summed E-state index contributed by atoms with van der Waals surface area (Å²) < 4.78 is 1.10. The highest BCUT2D eigenvalue weighted by Gasteiger charge is 2.28. The largest absolute Gasteiger partial charge is 0.325 e. The number of aromatic nitrogens is 1. The number of aryl methyl sites for hydroxylation is 1. The monoisotopic (exact) mass is 395 g/mol. The molecule has 1 aromatic heterocycles. The van der Waals surface area contributed by atoms with Crippen molar-refractivity contribution in [2.45, 2.75) is 6.92 Å². The number of amides is 2. The van der Waals surface area contributed by atoms with E-state index in [1.807, 2.05) is 61.5 Å². The number of rotatable bonds is 4. The highest BCUT2D eigenvalue weighted by molar-refractivity contribution is 8.04. The quantitative estimate of drug-likeness (QED) is 0.722. The number of carbonyl (C=O) groups is 2. The average molecular weight is 396 g/mol. The van der Waals surface area contributed by atoms with Gasteiger partial charge in [-0.1, -0.05) is 41.6 Å². The summed E-state index contributed by atoms with van der Waals surface area (Å²) >= 11 is 3.01. The van der Waals surface area contributed by atoms with Gasteiger partial charge in [-0.25, -0.2) is 4.98 Å². The summed E-state index contributed by atoms with van der Waals surface area (Å²) in [5.74, 6) is 0.0606.